The molecule has 0 heterocycles. The quantitative estimate of drug-likeness (QED) is 0.611. The van der Waals surface area contributed by atoms with Crippen LogP contribution in [0.25, 0.3) is 0 Å². The zero-order valence-corrected chi connectivity index (χ0v) is 18.6. The zero-order valence-electron chi connectivity index (χ0n) is 18.6. The van der Waals surface area contributed by atoms with Gasteiger partial charge in [0.25, 0.3) is 0 Å². The molecule has 4 nitrogen and oxygen atoms in total. The van der Waals surface area contributed by atoms with Gasteiger partial charge in [-0.1, -0.05) is 48.5 Å². The summed E-state index contributed by atoms with van der Waals surface area (Å²) in [6.07, 6.45) is 3.71. The number of carbonyl (C=O) groups is 2. The molecular weight excluding hydrogens is 412 g/mol. The van der Waals surface area contributed by atoms with E-state index in [-0.39, 0.29) is 40.8 Å². The highest BCUT2D eigenvalue weighted by Gasteiger charge is 2.50. The lowest BCUT2D eigenvalue weighted by atomic mass is 9.54. The van der Waals surface area contributed by atoms with Gasteiger partial charge in [0.2, 0.25) is 0 Å². The second kappa shape index (κ2) is 7.72. The predicted octanol–water partition coefficient (Wildman–Crippen LogP) is 6.03. The van der Waals surface area contributed by atoms with Crippen molar-refractivity contribution in [1.29, 1.82) is 0 Å². The summed E-state index contributed by atoms with van der Waals surface area (Å²) in [4.78, 5) is 26.4. The summed E-state index contributed by atoms with van der Waals surface area (Å²) in [5.74, 6) is -0.389. The van der Waals surface area contributed by atoms with Gasteiger partial charge in [0.1, 0.15) is 0 Å². The molecule has 0 aliphatic heterocycles. The molecule has 0 radical (unpaired) electrons. The van der Waals surface area contributed by atoms with Crippen molar-refractivity contribution in [3.63, 3.8) is 0 Å². The number of hydrogen-bond acceptors (Lipinski definition) is 4. The lowest BCUT2D eigenvalue weighted by molar-refractivity contribution is -0.118. The fraction of sp³-hybridized carbons (Fsp3) is 0.379. The van der Waals surface area contributed by atoms with Gasteiger partial charge in [0.15, 0.2) is 11.6 Å². The number of hydrogen-bond donors (Lipinski definition) is 2. The largest absolute Gasteiger partial charge is 0.512 e. The third kappa shape index (κ3) is 3.03. The molecular formula is C29H28O4. The Morgan fingerprint density at radius 2 is 1.12 bits per heavy atom. The van der Waals surface area contributed by atoms with Crippen LogP contribution in [-0.2, 0) is 9.59 Å². The Morgan fingerprint density at radius 3 is 1.58 bits per heavy atom. The van der Waals surface area contributed by atoms with E-state index < -0.39 is 5.92 Å². The normalized spacial score (nSPS) is 26.6. The lowest BCUT2D eigenvalue weighted by Gasteiger charge is -2.49. The molecule has 5 aliphatic rings. The molecule has 33 heavy (non-hydrogen) atoms. The number of aliphatic hydroxyl groups is 2. The van der Waals surface area contributed by atoms with Crippen molar-refractivity contribution in [2.75, 3.05) is 0 Å². The molecule has 0 amide bonds. The average molecular weight is 441 g/mol. The van der Waals surface area contributed by atoms with E-state index in [1.165, 1.54) is 22.3 Å². The smallest absolute Gasteiger partial charge is 0.162 e. The number of Topliss-reactive ketones (excluding diaryl/α,β-unsaturated/α-hetero) is 2. The van der Waals surface area contributed by atoms with E-state index in [0.717, 1.165) is 6.42 Å². The Morgan fingerprint density at radius 1 is 0.667 bits per heavy atom. The van der Waals surface area contributed by atoms with Crippen molar-refractivity contribution in [1.82, 2.24) is 0 Å². The van der Waals surface area contributed by atoms with Crippen LogP contribution < -0.4 is 0 Å². The maximum absolute atomic E-state index is 13.2. The van der Waals surface area contributed by atoms with E-state index >= 15 is 0 Å². The summed E-state index contributed by atoms with van der Waals surface area (Å²) in [6.45, 7) is 0. The predicted molar refractivity (Wildman–Crippen MR) is 125 cm³/mol. The fourth-order valence-corrected chi connectivity index (χ4v) is 6.98. The summed E-state index contributed by atoms with van der Waals surface area (Å²) in [5.41, 5.74) is 5.88. The van der Waals surface area contributed by atoms with E-state index in [0.29, 0.717) is 49.7 Å². The van der Waals surface area contributed by atoms with Crippen molar-refractivity contribution in [2.45, 2.75) is 56.8 Å². The van der Waals surface area contributed by atoms with E-state index in [1.807, 2.05) is 0 Å². The van der Waals surface area contributed by atoms with Gasteiger partial charge in [0, 0.05) is 54.6 Å². The SMILES string of the molecule is O=C1CCCC(O)=C1C(C1=C(O)CCCC1=O)C1CC2c3ccccc3C1c1ccccc12. The number of aliphatic hydroxyl groups excluding tert-OH is 2. The molecule has 2 aromatic carbocycles. The number of rotatable bonds is 3. The minimum Gasteiger partial charge on any atom is -0.512 e. The van der Waals surface area contributed by atoms with Gasteiger partial charge in [0.05, 0.1) is 11.5 Å². The topological polar surface area (TPSA) is 74.6 Å². The van der Waals surface area contributed by atoms with E-state index in [2.05, 4.69) is 48.5 Å². The Kier molecular flexibility index (Phi) is 4.79. The van der Waals surface area contributed by atoms with Gasteiger partial charge in [-0.15, -0.1) is 0 Å². The number of ketones is 2. The van der Waals surface area contributed by atoms with Crippen molar-refractivity contribution in [3.05, 3.63) is 93.4 Å². The highest BCUT2D eigenvalue weighted by atomic mass is 16.3. The molecule has 2 aromatic rings. The van der Waals surface area contributed by atoms with E-state index in [1.54, 1.807) is 0 Å². The summed E-state index contributed by atoms with van der Waals surface area (Å²) < 4.78 is 0. The molecule has 0 saturated carbocycles. The third-order valence-electron chi connectivity index (χ3n) is 8.26. The number of carbonyl (C=O) groups excluding carboxylic acids is 2. The fourth-order valence-electron chi connectivity index (χ4n) is 6.98. The van der Waals surface area contributed by atoms with Gasteiger partial charge >= 0.3 is 0 Å². The highest BCUT2D eigenvalue weighted by molar-refractivity contribution is 6.03. The second-order valence-electron chi connectivity index (χ2n) is 9.94. The first kappa shape index (κ1) is 20.5. The van der Waals surface area contributed by atoms with E-state index in [9.17, 15) is 19.8 Å². The summed E-state index contributed by atoms with van der Waals surface area (Å²) in [6, 6.07) is 17.0. The highest BCUT2D eigenvalue weighted by Crippen LogP contribution is 2.60. The Balaban J connectivity index is 1.59. The van der Waals surface area contributed by atoms with Crippen LogP contribution in [0.5, 0.6) is 0 Å². The van der Waals surface area contributed by atoms with Gasteiger partial charge < -0.3 is 10.2 Å². The standard InChI is InChI=1S/C29H28O4/c30-22-11-5-12-23(31)28(22)27(29-24(32)13-6-14-25(29)33)21-15-20-16-7-1-3-9-18(16)26(21)19-10-4-2-8-17(19)20/h1-4,7-10,20-21,26-27,30,32H,5-6,11-15H2. The molecule has 0 spiro atoms. The van der Waals surface area contributed by atoms with Crippen LogP contribution in [0.15, 0.2) is 71.2 Å². The van der Waals surface area contributed by atoms with Crippen LogP contribution in [0.3, 0.4) is 0 Å². The molecule has 7 rings (SSSR count). The van der Waals surface area contributed by atoms with Crippen LogP contribution in [0.2, 0.25) is 0 Å². The van der Waals surface area contributed by atoms with Gasteiger partial charge in [-0.2, -0.15) is 0 Å². The molecule has 0 fully saturated rings. The molecule has 5 aliphatic carbocycles. The van der Waals surface area contributed by atoms with Crippen molar-refractivity contribution in [3.8, 4) is 0 Å². The minimum atomic E-state index is -0.570. The van der Waals surface area contributed by atoms with Crippen molar-refractivity contribution in [2.24, 2.45) is 11.8 Å². The van der Waals surface area contributed by atoms with Crippen molar-refractivity contribution < 1.29 is 19.8 Å². The average Bonchev–Trinajstić information content (AvgIpc) is 2.83. The molecule has 0 aromatic heterocycles. The maximum atomic E-state index is 13.2. The Labute approximate surface area is 193 Å². The lowest BCUT2D eigenvalue weighted by Crippen LogP contribution is -2.41. The Hall–Kier alpha value is -3.14. The third-order valence-corrected chi connectivity index (χ3v) is 8.26. The summed E-state index contributed by atoms with van der Waals surface area (Å²) >= 11 is 0. The number of benzene rings is 2. The molecule has 2 N–H and O–H groups in total. The summed E-state index contributed by atoms with van der Waals surface area (Å²) in [5, 5.41) is 21.9. The van der Waals surface area contributed by atoms with Gasteiger partial charge in [-0.05, 0) is 47.4 Å². The first-order chi connectivity index (χ1) is 16.1. The van der Waals surface area contributed by atoms with Crippen LogP contribution in [-0.4, -0.2) is 21.8 Å². The van der Waals surface area contributed by atoms with Gasteiger partial charge in [-0.25, -0.2) is 0 Å². The van der Waals surface area contributed by atoms with Crippen LogP contribution in [0.1, 0.15) is 79.0 Å². The molecule has 4 heteroatoms. The number of fused-ring (bicyclic) bond motifs is 1. The van der Waals surface area contributed by atoms with Crippen LogP contribution in [0, 0.1) is 11.8 Å². The van der Waals surface area contributed by atoms with Gasteiger partial charge in [-0.3, -0.25) is 9.59 Å². The minimum absolute atomic E-state index is 0.0115. The monoisotopic (exact) mass is 440 g/mol. The second-order valence-corrected chi connectivity index (χ2v) is 9.94. The summed E-state index contributed by atoms with van der Waals surface area (Å²) in [7, 11) is 0. The van der Waals surface area contributed by atoms with E-state index in [4.69, 9.17) is 0 Å². The molecule has 1 atom stereocenters. The number of allylic oxidation sites excluding steroid dienone is 4. The first-order valence-electron chi connectivity index (χ1n) is 12.1. The Bertz CT molecular complexity index is 1140. The molecule has 2 bridgehead atoms. The first-order valence-corrected chi connectivity index (χ1v) is 12.1. The van der Waals surface area contributed by atoms with Crippen LogP contribution in [0.4, 0.5) is 0 Å². The zero-order chi connectivity index (χ0) is 22.7. The van der Waals surface area contributed by atoms with Crippen LogP contribution >= 0.6 is 0 Å². The van der Waals surface area contributed by atoms with Crippen molar-refractivity contribution >= 4 is 11.6 Å². The maximum Gasteiger partial charge on any atom is 0.162 e. The molecule has 0 saturated heterocycles. The molecule has 1 unspecified atom stereocenters. The molecule has 168 valence electrons.